The number of nitrogens with one attached hydrogen (secondary N) is 1. The number of carbonyl (C=O) groups is 1. The molecule has 0 aromatic rings. The number of nitrogens with two attached hydrogens (primary N) is 1. The van der Waals surface area contributed by atoms with E-state index in [1.807, 2.05) is 0 Å². The molecule has 1 saturated carbocycles. The third-order valence-electron chi connectivity index (χ3n) is 3.30. The molecule has 6 heteroatoms. The molecule has 2 fully saturated rings. The van der Waals surface area contributed by atoms with Crippen molar-refractivity contribution < 1.29 is 14.3 Å². The lowest BCUT2D eigenvalue weighted by Gasteiger charge is -2.24. The van der Waals surface area contributed by atoms with E-state index < -0.39 is 0 Å². The third kappa shape index (κ3) is 4.10. The molecule has 2 rings (SSSR count). The highest BCUT2D eigenvalue weighted by Gasteiger charge is 2.30. The quantitative estimate of drug-likeness (QED) is 0.757. The van der Waals surface area contributed by atoms with Crippen molar-refractivity contribution in [3.63, 3.8) is 0 Å². The number of halogens is 1. The number of ether oxygens (including phenoxy) is 2. The molecular weight excluding hydrogens is 244 g/mol. The number of carbonyl (C=O) groups excluding carboxylic acids is 1. The van der Waals surface area contributed by atoms with Gasteiger partial charge in [0.1, 0.15) is 0 Å². The molecule has 3 unspecified atom stereocenters. The summed E-state index contributed by atoms with van der Waals surface area (Å²) in [5.74, 6) is 0.0590. The molecule has 1 aliphatic heterocycles. The first kappa shape index (κ1) is 14.7. The Morgan fingerprint density at radius 2 is 2.18 bits per heavy atom. The second-order valence-electron chi connectivity index (χ2n) is 4.51. The van der Waals surface area contributed by atoms with E-state index in [4.69, 9.17) is 15.2 Å². The van der Waals surface area contributed by atoms with E-state index >= 15 is 0 Å². The lowest BCUT2D eigenvalue weighted by molar-refractivity contribution is -0.127. The van der Waals surface area contributed by atoms with E-state index in [9.17, 15) is 4.79 Å². The van der Waals surface area contributed by atoms with E-state index in [1.165, 1.54) is 0 Å². The Morgan fingerprint density at radius 1 is 1.35 bits per heavy atom. The molecule has 0 radical (unpaired) electrons. The molecule has 1 amide bonds. The second kappa shape index (κ2) is 7.16. The van der Waals surface area contributed by atoms with Crippen LogP contribution in [0.5, 0.6) is 0 Å². The van der Waals surface area contributed by atoms with Crippen molar-refractivity contribution in [1.29, 1.82) is 0 Å². The lowest BCUT2D eigenvalue weighted by atomic mass is 10.0. The number of rotatable bonds is 3. The molecule has 0 aromatic heterocycles. The smallest absolute Gasteiger partial charge is 0.224 e. The van der Waals surface area contributed by atoms with Crippen LogP contribution >= 0.6 is 12.4 Å². The topological polar surface area (TPSA) is 73.6 Å². The summed E-state index contributed by atoms with van der Waals surface area (Å²) in [4.78, 5) is 11.8. The van der Waals surface area contributed by atoms with Gasteiger partial charge in [0.15, 0.2) is 0 Å². The summed E-state index contributed by atoms with van der Waals surface area (Å²) < 4.78 is 10.7. The van der Waals surface area contributed by atoms with Crippen molar-refractivity contribution in [2.45, 2.75) is 31.4 Å². The molecule has 1 saturated heterocycles. The van der Waals surface area contributed by atoms with E-state index in [0.717, 1.165) is 19.3 Å². The van der Waals surface area contributed by atoms with Gasteiger partial charge >= 0.3 is 0 Å². The average Bonchev–Trinajstić information content (AvgIpc) is 2.74. The summed E-state index contributed by atoms with van der Waals surface area (Å²) in [7, 11) is 0. The van der Waals surface area contributed by atoms with Gasteiger partial charge < -0.3 is 20.5 Å². The Balaban J connectivity index is 0.00000144. The van der Waals surface area contributed by atoms with Crippen LogP contribution in [0.4, 0.5) is 0 Å². The molecule has 3 atom stereocenters. The summed E-state index contributed by atoms with van der Waals surface area (Å²) in [5, 5.41) is 2.90. The summed E-state index contributed by atoms with van der Waals surface area (Å²) in [5.41, 5.74) is 5.87. The summed E-state index contributed by atoms with van der Waals surface area (Å²) in [6.07, 6.45) is 2.92. The number of amides is 1. The molecular formula is C11H21ClN2O3. The van der Waals surface area contributed by atoms with Gasteiger partial charge in [0.25, 0.3) is 0 Å². The van der Waals surface area contributed by atoms with E-state index in [1.54, 1.807) is 0 Å². The molecule has 100 valence electrons. The molecule has 2 aliphatic rings. The Morgan fingerprint density at radius 3 is 2.76 bits per heavy atom. The summed E-state index contributed by atoms with van der Waals surface area (Å²) >= 11 is 0. The fourth-order valence-corrected chi connectivity index (χ4v) is 2.31. The number of hydrogen-bond acceptors (Lipinski definition) is 4. The van der Waals surface area contributed by atoms with E-state index in [-0.39, 0.29) is 36.4 Å². The van der Waals surface area contributed by atoms with Crippen LogP contribution in [0.1, 0.15) is 19.3 Å². The first-order chi connectivity index (χ1) is 7.77. The van der Waals surface area contributed by atoms with Crippen LogP contribution in [0, 0.1) is 5.92 Å². The highest BCUT2D eigenvalue weighted by molar-refractivity contribution is 5.85. The first-order valence-electron chi connectivity index (χ1n) is 6.00. The SMILES string of the molecule is Cl.NC1CCCC1C(=O)NCC1COCCO1. The number of hydrogen-bond donors (Lipinski definition) is 2. The van der Waals surface area contributed by atoms with Crippen LogP contribution in [0.3, 0.4) is 0 Å². The van der Waals surface area contributed by atoms with Crippen molar-refractivity contribution in [2.24, 2.45) is 11.7 Å². The van der Waals surface area contributed by atoms with Gasteiger partial charge in [-0.1, -0.05) is 6.42 Å². The third-order valence-corrected chi connectivity index (χ3v) is 3.30. The van der Waals surface area contributed by atoms with Crippen molar-refractivity contribution in [3.05, 3.63) is 0 Å². The van der Waals surface area contributed by atoms with Crippen LogP contribution in [0.15, 0.2) is 0 Å². The zero-order chi connectivity index (χ0) is 11.4. The Labute approximate surface area is 108 Å². The Bertz CT molecular complexity index is 247. The van der Waals surface area contributed by atoms with E-state index in [0.29, 0.717) is 26.4 Å². The normalized spacial score (nSPS) is 32.9. The fourth-order valence-electron chi connectivity index (χ4n) is 2.31. The Kier molecular flexibility index (Phi) is 6.19. The van der Waals surface area contributed by atoms with Gasteiger partial charge in [-0.3, -0.25) is 4.79 Å². The van der Waals surface area contributed by atoms with E-state index in [2.05, 4.69) is 5.32 Å². The molecule has 0 bridgehead atoms. The van der Waals surface area contributed by atoms with Crippen molar-refractivity contribution in [2.75, 3.05) is 26.4 Å². The maximum atomic E-state index is 11.8. The zero-order valence-corrected chi connectivity index (χ0v) is 10.7. The van der Waals surface area contributed by atoms with Crippen LogP contribution in [-0.4, -0.2) is 44.4 Å². The minimum atomic E-state index is -0.00971. The molecule has 17 heavy (non-hydrogen) atoms. The Hall–Kier alpha value is -0.360. The highest BCUT2D eigenvalue weighted by atomic mass is 35.5. The molecule has 0 spiro atoms. The molecule has 3 N–H and O–H groups in total. The predicted molar refractivity (Wildman–Crippen MR) is 66.1 cm³/mol. The lowest BCUT2D eigenvalue weighted by Crippen LogP contribution is -2.44. The summed E-state index contributed by atoms with van der Waals surface area (Å²) in [6, 6.07) is 0.0310. The maximum absolute atomic E-state index is 11.8. The molecule has 5 nitrogen and oxygen atoms in total. The molecule has 0 aromatic carbocycles. The second-order valence-corrected chi connectivity index (χ2v) is 4.51. The average molecular weight is 265 g/mol. The van der Waals surface area contributed by atoms with Gasteiger partial charge in [-0.25, -0.2) is 0 Å². The van der Waals surface area contributed by atoms with Gasteiger partial charge in [-0.2, -0.15) is 0 Å². The van der Waals surface area contributed by atoms with Crippen molar-refractivity contribution in [1.82, 2.24) is 5.32 Å². The summed E-state index contributed by atoms with van der Waals surface area (Å²) in [6.45, 7) is 2.36. The molecule has 1 aliphatic carbocycles. The predicted octanol–water partition coefficient (Wildman–Crippen LogP) is 0.0672. The standard InChI is InChI=1S/C11H20N2O3.ClH/c12-10-3-1-2-9(10)11(14)13-6-8-7-15-4-5-16-8;/h8-10H,1-7,12H2,(H,13,14);1H. The van der Waals surface area contributed by atoms with Gasteiger partial charge in [0.05, 0.1) is 31.8 Å². The first-order valence-corrected chi connectivity index (χ1v) is 6.00. The monoisotopic (exact) mass is 264 g/mol. The van der Waals surface area contributed by atoms with Crippen molar-refractivity contribution in [3.8, 4) is 0 Å². The van der Waals surface area contributed by atoms with Gasteiger partial charge in [-0.05, 0) is 12.8 Å². The largest absolute Gasteiger partial charge is 0.376 e. The van der Waals surface area contributed by atoms with Gasteiger partial charge in [0, 0.05) is 12.6 Å². The van der Waals surface area contributed by atoms with Gasteiger partial charge in [-0.15, -0.1) is 12.4 Å². The van der Waals surface area contributed by atoms with Gasteiger partial charge in [0.2, 0.25) is 5.91 Å². The molecule has 1 heterocycles. The maximum Gasteiger partial charge on any atom is 0.224 e. The van der Waals surface area contributed by atoms with Crippen LogP contribution < -0.4 is 11.1 Å². The minimum Gasteiger partial charge on any atom is -0.376 e. The van der Waals surface area contributed by atoms with Crippen molar-refractivity contribution >= 4 is 18.3 Å². The van der Waals surface area contributed by atoms with Crippen LogP contribution in [-0.2, 0) is 14.3 Å². The highest BCUT2D eigenvalue weighted by Crippen LogP contribution is 2.23. The minimum absolute atomic E-state index is 0. The van der Waals surface area contributed by atoms with Crippen LogP contribution in [0.2, 0.25) is 0 Å². The van der Waals surface area contributed by atoms with Crippen LogP contribution in [0.25, 0.3) is 0 Å². The fraction of sp³-hybridized carbons (Fsp3) is 0.909. The zero-order valence-electron chi connectivity index (χ0n) is 9.89.